The Kier molecular flexibility index (Phi) is 4.60. The second-order valence-electron chi connectivity index (χ2n) is 5.85. The minimum Gasteiger partial charge on any atom is -0.458 e. The molecule has 1 heterocycles. The first-order valence-electron chi connectivity index (χ1n) is 6.20. The molecule has 0 unspecified atom stereocenters. The second kappa shape index (κ2) is 5.48. The Morgan fingerprint density at radius 2 is 1.89 bits per heavy atom. The zero-order chi connectivity index (χ0) is 14.8. The number of rotatable bonds is 3. The number of sulfone groups is 1. The van der Waals surface area contributed by atoms with Gasteiger partial charge in [0.2, 0.25) is 5.91 Å². The first-order chi connectivity index (χ1) is 8.49. The summed E-state index contributed by atoms with van der Waals surface area (Å²) in [6.45, 7) is 5.66. The van der Waals surface area contributed by atoms with E-state index in [-0.39, 0.29) is 0 Å². The van der Waals surface area contributed by atoms with Crippen LogP contribution in [0, 0.1) is 0 Å². The molecule has 0 aromatic heterocycles. The standard InChI is InChI=1S/C12H21NO5S/c1-12(2,3)18-11(15)9-6-5-7-13(9)10(14)8-19(4,16)17/h9H,5-8H2,1-4H3/t9-/m0/s1. The third-order valence-electron chi connectivity index (χ3n) is 2.64. The van der Waals surface area contributed by atoms with E-state index in [0.717, 1.165) is 6.26 Å². The van der Waals surface area contributed by atoms with Crippen LogP contribution in [-0.2, 0) is 24.2 Å². The Morgan fingerprint density at radius 3 is 2.37 bits per heavy atom. The van der Waals surface area contributed by atoms with Crippen molar-refractivity contribution in [3.8, 4) is 0 Å². The van der Waals surface area contributed by atoms with E-state index in [2.05, 4.69) is 0 Å². The van der Waals surface area contributed by atoms with Crippen LogP contribution in [-0.4, -0.2) is 55.4 Å². The van der Waals surface area contributed by atoms with Crippen molar-refractivity contribution >= 4 is 21.7 Å². The molecule has 1 atom stereocenters. The molecule has 0 aromatic rings. The van der Waals surface area contributed by atoms with E-state index in [4.69, 9.17) is 4.74 Å². The topological polar surface area (TPSA) is 80.8 Å². The maximum Gasteiger partial charge on any atom is 0.329 e. The maximum absolute atomic E-state index is 12.0. The molecule has 6 nitrogen and oxygen atoms in total. The lowest BCUT2D eigenvalue weighted by atomic mass is 10.1. The molecule has 1 amide bonds. The number of carbonyl (C=O) groups excluding carboxylic acids is 2. The van der Waals surface area contributed by atoms with Crippen LogP contribution in [0.2, 0.25) is 0 Å². The van der Waals surface area contributed by atoms with Crippen molar-refractivity contribution in [2.45, 2.75) is 45.3 Å². The fourth-order valence-corrected chi connectivity index (χ4v) is 2.60. The van der Waals surface area contributed by atoms with Gasteiger partial charge in [0.15, 0.2) is 9.84 Å². The highest BCUT2D eigenvalue weighted by molar-refractivity contribution is 7.91. The summed E-state index contributed by atoms with van der Waals surface area (Å²) >= 11 is 0. The zero-order valence-corrected chi connectivity index (χ0v) is 12.6. The number of esters is 1. The molecule has 1 aliphatic rings. The highest BCUT2D eigenvalue weighted by atomic mass is 32.2. The van der Waals surface area contributed by atoms with Gasteiger partial charge in [-0.3, -0.25) is 4.79 Å². The van der Waals surface area contributed by atoms with Gasteiger partial charge < -0.3 is 9.64 Å². The van der Waals surface area contributed by atoms with Crippen LogP contribution in [0.25, 0.3) is 0 Å². The van der Waals surface area contributed by atoms with Gasteiger partial charge in [-0.1, -0.05) is 0 Å². The Labute approximate surface area is 114 Å². The highest BCUT2D eigenvalue weighted by Gasteiger charge is 2.37. The number of amides is 1. The Morgan fingerprint density at radius 1 is 1.32 bits per heavy atom. The normalized spacial score (nSPS) is 20.4. The van der Waals surface area contributed by atoms with Crippen molar-refractivity contribution in [1.82, 2.24) is 4.90 Å². The molecule has 110 valence electrons. The molecule has 0 aromatic carbocycles. The van der Waals surface area contributed by atoms with Crippen molar-refractivity contribution in [2.24, 2.45) is 0 Å². The number of likely N-dealkylation sites (tertiary alicyclic amines) is 1. The fourth-order valence-electron chi connectivity index (χ4n) is 1.99. The molecule has 0 spiro atoms. The van der Waals surface area contributed by atoms with Gasteiger partial charge in [-0.05, 0) is 33.6 Å². The number of nitrogens with zero attached hydrogens (tertiary/aromatic N) is 1. The van der Waals surface area contributed by atoms with Gasteiger partial charge in [-0.25, -0.2) is 13.2 Å². The minimum atomic E-state index is -3.39. The van der Waals surface area contributed by atoms with Crippen LogP contribution >= 0.6 is 0 Å². The number of ether oxygens (including phenoxy) is 1. The average Bonchev–Trinajstić information content (AvgIpc) is 2.59. The minimum absolute atomic E-state index is 0.401. The predicted octanol–water partition coefficient (Wildman–Crippen LogP) is 0.364. The molecule has 1 rings (SSSR count). The van der Waals surface area contributed by atoms with E-state index >= 15 is 0 Å². The third kappa shape index (κ3) is 5.18. The van der Waals surface area contributed by atoms with Crippen LogP contribution in [0.15, 0.2) is 0 Å². The zero-order valence-electron chi connectivity index (χ0n) is 11.8. The summed E-state index contributed by atoms with van der Waals surface area (Å²) in [5, 5.41) is 0. The molecule has 1 fully saturated rings. The van der Waals surface area contributed by atoms with Gasteiger partial charge in [-0.15, -0.1) is 0 Å². The molecule has 0 bridgehead atoms. The van der Waals surface area contributed by atoms with Gasteiger partial charge >= 0.3 is 5.97 Å². The van der Waals surface area contributed by atoms with E-state index < -0.39 is 39.1 Å². The van der Waals surface area contributed by atoms with Crippen LogP contribution in [0.5, 0.6) is 0 Å². The summed E-state index contributed by atoms with van der Waals surface area (Å²) in [6, 6.07) is -0.659. The van der Waals surface area contributed by atoms with Gasteiger partial charge in [0.1, 0.15) is 17.4 Å². The van der Waals surface area contributed by atoms with Gasteiger partial charge in [-0.2, -0.15) is 0 Å². The molecule has 0 radical (unpaired) electrons. The summed E-state index contributed by atoms with van der Waals surface area (Å²) in [7, 11) is -3.39. The van der Waals surface area contributed by atoms with Gasteiger partial charge in [0.25, 0.3) is 0 Å². The smallest absolute Gasteiger partial charge is 0.329 e. The first-order valence-corrected chi connectivity index (χ1v) is 8.26. The Hall–Kier alpha value is -1.11. The summed E-state index contributed by atoms with van der Waals surface area (Å²) in [6.07, 6.45) is 2.20. The molecular formula is C12H21NO5S. The summed E-state index contributed by atoms with van der Waals surface area (Å²) in [5.74, 6) is -1.56. The molecule has 0 aliphatic carbocycles. The molecule has 1 saturated heterocycles. The maximum atomic E-state index is 12.0. The molecule has 19 heavy (non-hydrogen) atoms. The lowest BCUT2D eigenvalue weighted by Crippen LogP contribution is -2.45. The van der Waals surface area contributed by atoms with E-state index in [9.17, 15) is 18.0 Å². The molecule has 7 heteroatoms. The predicted molar refractivity (Wildman–Crippen MR) is 70.3 cm³/mol. The van der Waals surface area contributed by atoms with Crippen molar-refractivity contribution in [3.63, 3.8) is 0 Å². The summed E-state index contributed by atoms with van der Waals surface area (Å²) in [5.41, 5.74) is -0.620. The number of carbonyl (C=O) groups is 2. The number of hydrogen-bond donors (Lipinski definition) is 0. The van der Waals surface area contributed by atoms with Crippen molar-refractivity contribution in [1.29, 1.82) is 0 Å². The largest absolute Gasteiger partial charge is 0.458 e. The van der Waals surface area contributed by atoms with E-state index in [1.54, 1.807) is 20.8 Å². The molecule has 0 saturated carbocycles. The monoisotopic (exact) mass is 291 g/mol. The molecule has 0 N–H and O–H groups in total. The first kappa shape index (κ1) is 15.9. The van der Waals surface area contributed by atoms with Crippen LogP contribution in [0.4, 0.5) is 0 Å². The van der Waals surface area contributed by atoms with Crippen molar-refractivity contribution in [3.05, 3.63) is 0 Å². The SMILES string of the molecule is CC(C)(C)OC(=O)[C@@H]1CCCN1C(=O)CS(C)(=O)=O. The quantitative estimate of drug-likeness (QED) is 0.702. The van der Waals surface area contributed by atoms with Crippen LogP contribution in [0.1, 0.15) is 33.6 Å². The van der Waals surface area contributed by atoms with Crippen molar-refractivity contribution < 1.29 is 22.7 Å². The third-order valence-corrected chi connectivity index (χ3v) is 3.41. The highest BCUT2D eigenvalue weighted by Crippen LogP contribution is 2.21. The van der Waals surface area contributed by atoms with E-state index in [1.165, 1.54) is 4.90 Å². The fraction of sp³-hybridized carbons (Fsp3) is 0.833. The van der Waals surface area contributed by atoms with Gasteiger partial charge in [0.05, 0.1) is 0 Å². The number of hydrogen-bond acceptors (Lipinski definition) is 5. The Balaban J connectivity index is 2.74. The lowest BCUT2D eigenvalue weighted by Gasteiger charge is -2.27. The van der Waals surface area contributed by atoms with E-state index in [0.29, 0.717) is 19.4 Å². The summed E-state index contributed by atoms with van der Waals surface area (Å²) in [4.78, 5) is 25.2. The molecule has 1 aliphatic heterocycles. The van der Waals surface area contributed by atoms with Crippen molar-refractivity contribution in [2.75, 3.05) is 18.6 Å². The summed E-state index contributed by atoms with van der Waals surface area (Å²) < 4.78 is 27.5. The van der Waals surface area contributed by atoms with Crippen LogP contribution < -0.4 is 0 Å². The molecular weight excluding hydrogens is 270 g/mol. The second-order valence-corrected chi connectivity index (χ2v) is 7.99. The lowest BCUT2D eigenvalue weighted by molar-refractivity contribution is -0.162. The Bertz CT molecular complexity index is 463. The van der Waals surface area contributed by atoms with Gasteiger partial charge in [0, 0.05) is 12.8 Å². The van der Waals surface area contributed by atoms with E-state index in [1.807, 2.05) is 0 Å². The average molecular weight is 291 g/mol. The van der Waals surface area contributed by atoms with Crippen LogP contribution in [0.3, 0.4) is 0 Å².